The van der Waals surface area contributed by atoms with Gasteiger partial charge in [-0.15, -0.1) is 0 Å². The third-order valence-electron chi connectivity index (χ3n) is 3.47. The Morgan fingerprint density at radius 3 is 2.95 bits per heavy atom. The Morgan fingerprint density at radius 1 is 1.37 bits per heavy atom. The maximum atomic E-state index is 5.74. The first-order chi connectivity index (χ1) is 9.22. The molecule has 0 amide bonds. The van der Waals surface area contributed by atoms with Crippen LogP contribution in [0.4, 0.5) is 0 Å². The maximum absolute atomic E-state index is 5.74. The molecule has 1 aliphatic rings. The van der Waals surface area contributed by atoms with Crippen LogP contribution in [-0.4, -0.2) is 63.5 Å². The van der Waals surface area contributed by atoms with Gasteiger partial charge in [-0.05, 0) is 25.3 Å². The summed E-state index contributed by atoms with van der Waals surface area (Å²) in [4.78, 5) is 2.45. The van der Waals surface area contributed by atoms with E-state index in [4.69, 9.17) is 9.47 Å². The third-order valence-corrected chi connectivity index (χ3v) is 3.47. The number of hydrogen-bond donors (Lipinski definition) is 1. The van der Waals surface area contributed by atoms with E-state index in [0.29, 0.717) is 6.10 Å². The Hall–Kier alpha value is -0.160. The van der Waals surface area contributed by atoms with Crippen molar-refractivity contribution in [2.24, 2.45) is 5.92 Å². The standard InChI is InChI=1S/C15H32N2O2/c1-4-16-12-15-13-17(8-11-19-15)7-10-18-9-5-6-14(2)3/h14-16H,4-13H2,1-3H3/t15-/m0/s1. The number of rotatable bonds is 10. The van der Waals surface area contributed by atoms with Crippen LogP contribution in [0.15, 0.2) is 0 Å². The highest BCUT2D eigenvalue weighted by Crippen LogP contribution is 2.05. The fourth-order valence-electron chi connectivity index (χ4n) is 2.30. The molecule has 0 unspecified atom stereocenters. The zero-order valence-electron chi connectivity index (χ0n) is 13.0. The number of hydrogen-bond acceptors (Lipinski definition) is 4. The molecule has 0 bridgehead atoms. The van der Waals surface area contributed by atoms with Crippen molar-refractivity contribution in [3.05, 3.63) is 0 Å². The van der Waals surface area contributed by atoms with Crippen molar-refractivity contribution in [3.8, 4) is 0 Å². The van der Waals surface area contributed by atoms with Gasteiger partial charge < -0.3 is 14.8 Å². The van der Waals surface area contributed by atoms with Crippen LogP contribution in [0.2, 0.25) is 0 Å². The number of nitrogens with zero attached hydrogens (tertiary/aromatic N) is 1. The summed E-state index contributed by atoms with van der Waals surface area (Å²) in [5, 5.41) is 3.35. The van der Waals surface area contributed by atoms with Gasteiger partial charge in [0.2, 0.25) is 0 Å². The predicted octanol–water partition coefficient (Wildman–Crippen LogP) is 1.75. The second-order valence-electron chi connectivity index (χ2n) is 5.75. The van der Waals surface area contributed by atoms with E-state index in [0.717, 1.165) is 58.5 Å². The maximum Gasteiger partial charge on any atom is 0.0826 e. The monoisotopic (exact) mass is 272 g/mol. The van der Waals surface area contributed by atoms with Gasteiger partial charge in [-0.25, -0.2) is 0 Å². The summed E-state index contributed by atoms with van der Waals surface area (Å²) in [7, 11) is 0. The highest BCUT2D eigenvalue weighted by molar-refractivity contribution is 4.73. The average molecular weight is 272 g/mol. The lowest BCUT2D eigenvalue weighted by molar-refractivity contribution is -0.0348. The van der Waals surface area contributed by atoms with E-state index in [-0.39, 0.29) is 0 Å². The van der Waals surface area contributed by atoms with Crippen molar-refractivity contribution in [1.82, 2.24) is 10.2 Å². The van der Waals surface area contributed by atoms with Crippen molar-refractivity contribution in [2.75, 3.05) is 52.5 Å². The van der Waals surface area contributed by atoms with Gasteiger partial charge in [-0.1, -0.05) is 20.8 Å². The summed E-state index contributed by atoms with van der Waals surface area (Å²) in [5.74, 6) is 0.787. The van der Waals surface area contributed by atoms with E-state index in [1.54, 1.807) is 0 Å². The predicted molar refractivity (Wildman–Crippen MR) is 79.6 cm³/mol. The Morgan fingerprint density at radius 2 is 2.21 bits per heavy atom. The van der Waals surface area contributed by atoms with E-state index in [1.807, 2.05) is 0 Å². The minimum atomic E-state index is 0.342. The smallest absolute Gasteiger partial charge is 0.0826 e. The summed E-state index contributed by atoms with van der Waals surface area (Å²) in [6, 6.07) is 0. The molecule has 1 heterocycles. The summed E-state index contributed by atoms with van der Waals surface area (Å²) < 4.78 is 11.4. The van der Waals surface area contributed by atoms with Gasteiger partial charge in [0.05, 0.1) is 19.3 Å². The first-order valence-electron chi connectivity index (χ1n) is 7.84. The first kappa shape index (κ1) is 16.9. The van der Waals surface area contributed by atoms with Crippen molar-refractivity contribution < 1.29 is 9.47 Å². The molecule has 0 aromatic rings. The lowest BCUT2D eigenvalue weighted by atomic mass is 10.1. The van der Waals surface area contributed by atoms with Crippen LogP contribution in [0.3, 0.4) is 0 Å². The molecule has 0 spiro atoms. The highest BCUT2D eigenvalue weighted by Gasteiger charge is 2.19. The SMILES string of the molecule is CCNC[C@H]1CN(CCOCCCC(C)C)CCO1. The second-order valence-corrected chi connectivity index (χ2v) is 5.75. The lowest BCUT2D eigenvalue weighted by Crippen LogP contribution is -2.47. The molecule has 4 nitrogen and oxygen atoms in total. The largest absolute Gasteiger partial charge is 0.380 e. The first-order valence-corrected chi connectivity index (χ1v) is 7.84. The quantitative estimate of drug-likeness (QED) is 0.614. The summed E-state index contributed by atoms with van der Waals surface area (Å²) >= 11 is 0. The normalized spacial score (nSPS) is 21.2. The number of morpholine rings is 1. The Balaban J connectivity index is 1.99. The zero-order valence-corrected chi connectivity index (χ0v) is 13.0. The molecule has 1 N–H and O–H groups in total. The summed E-state index contributed by atoms with van der Waals surface area (Å²) in [5.41, 5.74) is 0. The van der Waals surface area contributed by atoms with E-state index < -0.39 is 0 Å². The Bertz CT molecular complexity index is 212. The lowest BCUT2D eigenvalue weighted by Gasteiger charge is -2.32. The number of nitrogens with one attached hydrogen (secondary N) is 1. The summed E-state index contributed by atoms with van der Waals surface area (Å²) in [6.45, 7) is 14.3. The van der Waals surface area contributed by atoms with Gasteiger partial charge in [-0.3, -0.25) is 4.90 Å². The number of likely N-dealkylation sites (N-methyl/N-ethyl adjacent to an activating group) is 1. The van der Waals surface area contributed by atoms with Crippen molar-refractivity contribution in [3.63, 3.8) is 0 Å². The van der Waals surface area contributed by atoms with Gasteiger partial charge in [0, 0.05) is 32.8 Å². The molecule has 0 aromatic heterocycles. The Kier molecular flexibility index (Phi) is 9.43. The highest BCUT2D eigenvalue weighted by atomic mass is 16.5. The fraction of sp³-hybridized carbons (Fsp3) is 1.00. The molecule has 19 heavy (non-hydrogen) atoms. The molecule has 0 radical (unpaired) electrons. The molecule has 0 aromatic carbocycles. The zero-order chi connectivity index (χ0) is 13.9. The van der Waals surface area contributed by atoms with Crippen molar-refractivity contribution in [1.29, 1.82) is 0 Å². The van der Waals surface area contributed by atoms with Crippen LogP contribution in [0.5, 0.6) is 0 Å². The van der Waals surface area contributed by atoms with E-state index in [1.165, 1.54) is 12.8 Å². The molecule has 1 fully saturated rings. The molecule has 4 heteroatoms. The molecular weight excluding hydrogens is 240 g/mol. The minimum absolute atomic E-state index is 0.342. The second kappa shape index (κ2) is 10.6. The molecule has 1 atom stereocenters. The minimum Gasteiger partial charge on any atom is -0.380 e. The molecule has 1 saturated heterocycles. The van der Waals surface area contributed by atoms with Gasteiger partial charge in [0.25, 0.3) is 0 Å². The van der Waals surface area contributed by atoms with Crippen molar-refractivity contribution >= 4 is 0 Å². The molecule has 0 saturated carbocycles. The topological polar surface area (TPSA) is 33.7 Å². The summed E-state index contributed by atoms with van der Waals surface area (Å²) in [6.07, 6.45) is 2.79. The van der Waals surface area contributed by atoms with Crippen molar-refractivity contribution in [2.45, 2.75) is 39.7 Å². The molecule has 1 aliphatic heterocycles. The fourth-order valence-corrected chi connectivity index (χ4v) is 2.30. The van der Waals surface area contributed by atoms with Gasteiger partial charge in [0.1, 0.15) is 0 Å². The van der Waals surface area contributed by atoms with Gasteiger partial charge >= 0.3 is 0 Å². The van der Waals surface area contributed by atoms with Crippen LogP contribution >= 0.6 is 0 Å². The van der Waals surface area contributed by atoms with E-state index in [2.05, 4.69) is 31.0 Å². The van der Waals surface area contributed by atoms with Gasteiger partial charge in [-0.2, -0.15) is 0 Å². The molecule has 114 valence electrons. The number of ether oxygens (including phenoxy) is 2. The average Bonchev–Trinajstić information content (AvgIpc) is 2.40. The van der Waals surface area contributed by atoms with E-state index in [9.17, 15) is 0 Å². The van der Waals surface area contributed by atoms with Gasteiger partial charge in [0.15, 0.2) is 0 Å². The van der Waals surface area contributed by atoms with Crippen LogP contribution in [-0.2, 0) is 9.47 Å². The van der Waals surface area contributed by atoms with Crippen LogP contribution in [0.25, 0.3) is 0 Å². The van der Waals surface area contributed by atoms with Crippen LogP contribution in [0.1, 0.15) is 33.6 Å². The molecule has 1 rings (SSSR count). The van der Waals surface area contributed by atoms with Crippen LogP contribution in [0, 0.1) is 5.92 Å². The van der Waals surface area contributed by atoms with E-state index >= 15 is 0 Å². The Labute approximate surface area is 118 Å². The molecule has 0 aliphatic carbocycles. The van der Waals surface area contributed by atoms with Crippen LogP contribution < -0.4 is 5.32 Å². The molecular formula is C15H32N2O2. The third kappa shape index (κ3) is 8.58.